The quantitative estimate of drug-likeness (QED) is 0.792. The molecule has 3 heterocycles. The third kappa shape index (κ3) is 2.46. The first-order valence-corrected chi connectivity index (χ1v) is 9.21. The molecule has 2 aliphatic heterocycles. The van der Waals surface area contributed by atoms with Gasteiger partial charge >= 0.3 is 0 Å². The highest BCUT2D eigenvalue weighted by atomic mass is 32.1. The van der Waals surface area contributed by atoms with Crippen molar-refractivity contribution in [3.05, 3.63) is 45.8 Å². The van der Waals surface area contributed by atoms with Crippen LogP contribution >= 0.6 is 11.3 Å². The first-order valence-electron chi connectivity index (χ1n) is 8.39. The normalized spacial score (nSPS) is 22.2. The lowest BCUT2D eigenvalue weighted by Gasteiger charge is -2.28. The number of carbonyl (C=O) groups excluding carboxylic acids is 1. The van der Waals surface area contributed by atoms with Gasteiger partial charge in [0.1, 0.15) is 23.5 Å². The highest BCUT2D eigenvalue weighted by Crippen LogP contribution is 2.40. The van der Waals surface area contributed by atoms with Gasteiger partial charge in [-0.2, -0.15) is 0 Å². The smallest absolute Gasteiger partial charge is 0.256 e. The van der Waals surface area contributed by atoms with E-state index in [0.29, 0.717) is 0 Å². The van der Waals surface area contributed by atoms with Gasteiger partial charge < -0.3 is 20.3 Å². The Bertz CT molecular complexity index is 787. The summed E-state index contributed by atoms with van der Waals surface area (Å²) in [4.78, 5) is 15.7. The Morgan fingerprint density at radius 1 is 1.33 bits per heavy atom. The molecule has 1 amide bonds. The maximum atomic E-state index is 12.8. The summed E-state index contributed by atoms with van der Waals surface area (Å²) in [7, 11) is 1.65. The summed E-state index contributed by atoms with van der Waals surface area (Å²) in [5, 5.41) is 7.60. The van der Waals surface area contributed by atoms with Crippen molar-refractivity contribution < 1.29 is 14.4 Å². The predicted molar refractivity (Wildman–Crippen MR) is 94.9 cm³/mol. The van der Waals surface area contributed by atoms with Gasteiger partial charge in [-0.3, -0.25) is 4.79 Å². The number of hydrogen-bond donors (Lipinski definition) is 3. The molecule has 0 aliphatic carbocycles. The highest BCUT2D eigenvalue weighted by molar-refractivity contribution is 7.16. The van der Waals surface area contributed by atoms with Crippen molar-refractivity contribution in [2.45, 2.75) is 26.1 Å². The maximum Gasteiger partial charge on any atom is 0.256 e. The minimum atomic E-state index is -0.254. The van der Waals surface area contributed by atoms with E-state index < -0.39 is 0 Å². The van der Waals surface area contributed by atoms with Crippen LogP contribution < -0.4 is 20.3 Å². The van der Waals surface area contributed by atoms with Gasteiger partial charge in [-0.1, -0.05) is 18.2 Å². The third-order valence-corrected chi connectivity index (χ3v) is 6.12. The van der Waals surface area contributed by atoms with Gasteiger partial charge in [-0.15, -0.1) is 11.3 Å². The van der Waals surface area contributed by atoms with Gasteiger partial charge in [0.25, 0.3) is 5.91 Å². The molecule has 0 radical (unpaired) electrons. The Labute approximate surface area is 145 Å². The number of hydrogen-bond acceptors (Lipinski definition) is 4. The Morgan fingerprint density at radius 2 is 2.17 bits per heavy atom. The summed E-state index contributed by atoms with van der Waals surface area (Å²) in [6, 6.07) is 7.80. The number of fused-ring (bicyclic) bond motifs is 3. The fraction of sp³-hybridized carbons (Fsp3) is 0.389. The van der Waals surface area contributed by atoms with Gasteiger partial charge in [-0.25, -0.2) is 0 Å². The number of quaternary nitrogens is 1. The Morgan fingerprint density at radius 3 is 2.96 bits per heavy atom. The molecule has 0 saturated heterocycles. The van der Waals surface area contributed by atoms with Crippen LogP contribution in [0.5, 0.6) is 5.75 Å². The van der Waals surface area contributed by atoms with Crippen molar-refractivity contribution in [1.29, 1.82) is 0 Å². The SMILES string of the molecule is CC[NH+]1CCc2c(sc3c2C(=O)N[C@H](c2ccccc2OC)N3)C1. The van der Waals surface area contributed by atoms with Crippen molar-refractivity contribution in [2.24, 2.45) is 0 Å². The van der Waals surface area contributed by atoms with Gasteiger partial charge in [0.15, 0.2) is 0 Å². The predicted octanol–water partition coefficient (Wildman–Crippen LogP) is 1.57. The summed E-state index contributed by atoms with van der Waals surface area (Å²) < 4.78 is 5.44. The molecule has 0 saturated carbocycles. The minimum absolute atomic E-state index is 0.0251. The van der Waals surface area contributed by atoms with E-state index >= 15 is 0 Å². The molecule has 1 unspecified atom stereocenters. The second-order valence-corrected chi connectivity index (χ2v) is 7.39. The van der Waals surface area contributed by atoms with Crippen LogP contribution in [-0.4, -0.2) is 26.1 Å². The zero-order valence-electron chi connectivity index (χ0n) is 13.9. The average molecular weight is 344 g/mol. The van der Waals surface area contributed by atoms with Crippen molar-refractivity contribution in [3.63, 3.8) is 0 Å². The van der Waals surface area contributed by atoms with Crippen molar-refractivity contribution in [3.8, 4) is 5.75 Å². The van der Waals surface area contributed by atoms with Gasteiger partial charge in [0.2, 0.25) is 0 Å². The minimum Gasteiger partial charge on any atom is -0.496 e. The molecule has 0 fully saturated rings. The molecule has 0 bridgehead atoms. The molecule has 126 valence electrons. The summed E-state index contributed by atoms with van der Waals surface area (Å²) in [6.45, 7) is 5.48. The van der Waals surface area contributed by atoms with Crippen LogP contribution in [0.25, 0.3) is 0 Å². The Hall–Kier alpha value is -2.05. The molecule has 2 atom stereocenters. The first kappa shape index (κ1) is 15.5. The number of nitrogens with one attached hydrogen (secondary N) is 3. The van der Waals surface area contributed by atoms with Crippen LogP contribution in [0.1, 0.15) is 39.5 Å². The molecule has 1 aromatic carbocycles. The molecule has 5 nitrogen and oxygen atoms in total. The van der Waals surface area contributed by atoms with E-state index in [1.165, 1.54) is 10.4 Å². The fourth-order valence-corrected chi connectivity index (χ4v) is 4.96. The molecule has 4 rings (SSSR count). The second kappa shape index (κ2) is 6.11. The lowest BCUT2D eigenvalue weighted by atomic mass is 10.00. The van der Waals surface area contributed by atoms with E-state index in [2.05, 4.69) is 17.6 Å². The van der Waals surface area contributed by atoms with Crippen LogP contribution in [-0.2, 0) is 13.0 Å². The van der Waals surface area contributed by atoms with Crippen LogP contribution in [0.4, 0.5) is 5.00 Å². The number of anilines is 1. The highest BCUT2D eigenvalue weighted by Gasteiger charge is 2.34. The van der Waals surface area contributed by atoms with E-state index in [9.17, 15) is 4.79 Å². The Kier molecular flexibility index (Phi) is 3.94. The van der Waals surface area contributed by atoms with E-state index in [4.69, 9.17) is 4.74 Å². The molecule has 1 aromatic heterocycles. The van der Waals surface area contributed by atoms with E-state index in [1.54, 1.807) is 23.3 Å². The monoisotopic (exact) mass is 344 g/mol. The fourth-order valence-electron chi connectivity index (χ4n) is 3.61. The molecule has 6 heteroatoms. The van der Waals surface area contributed by atoms with Crippen molar-refractivity contribution in [1.82, 2.24) is 5.32 Å². The zero-order chi connectivity index (χ0) is 16.7. The number of carbonyl (C=O) groups is 1. The summed E-state index contributed by atoms with van der Waals surface area (Å²) in [5.41, 5.74) is 3.05. The Balaban J connectivity index is 1.69. The number of likely N-dealkylation sites (N-methyl/N-ethyl adjacent to an activating group) is 1. The van der Waals surface area contributed by atoms with E-state index in [1.807, 2.05) is 24.3 Å². The third-order valence-electron chi connectivity index (χ3n) is 4.96. The molecule has 2 aromatic rings. The molecular formula is C18H22N3O2S+. The van der Waals surface area contributed by atoms with Gasteiger partial charge in [0, 0.05) is 12.0 Å². The number of methoxy groups -OCH3 is 1. The number of para-hydroxylation sites is 1. The lowest BCUT2D eigenvalue weighted by molar-refractivity contribution is -0.913. The first-order chi connectivity index (χ1) is 11.7. The average Bonchev–Trinajstić information content (AvgIpc) is 2.99. The molecule has 2 aliphatic rings. The second-order valence-electron chi connectivity index (χ2n) is 6.28. The zero-order valence-corrected chi connectivity index (χ0v) is 14.8. The number of thiophene rings is 1. The number of ether oxygens (including phenoxy) is 1. The van der Waals surface area contributed by atoms with E-state index in [0.717, 1.165) is 47.9 Å². The van der Waals surface area contributed by atoms with Gasteiger partial charge in [-0.05, 0) is 18.6 Å². The molecular weight excluding hydrogens is 322 g/mol. The van der Waals surface area contributed by atoms with Crippen LogP contribution in [0.3, 0.4) is 0 Å². The van der Waals surface area contributed by atoms with Crippen molar-refractivity contribution >= 4 is 22.2 Å². The molecule has 3 N–H and O–H groups in total. The summed E-state index contributed by atoms with van der Waals surface area (Å²) in [6.07, 6.45) is 0.731. The number of rotatable bonds is 3. The lowest BCUT2D eigenvalue weighted by Crippen LogP contribution is -3.11. The summed E-state index contributed by atoms with van der Waals surface area (Å²) in [5.74, 6) is 0.804. The van der Waals surface area contributed by atoms with Gasteiger partial charge in [0.05, 0.1) is 30.6 Å². The van der Waals surface area contributed by atoms with Crippen LogP contribution in [0.2, 0.25) is 0 Å². The van der Waals surface area contributed by atoms with Crippen LogP contribution in [0.15, 0.2) is 24.3 Å². The number of benzene rings is 1. The topological polar surface area (TPSA) is 54.8 Å². The molecule has 24 heavy (non-hydrogen) atoms. The van der Waals surface area contributed by atoms with Crippen LogP contribution in [0, 0.1) is 0 Å². The number of amides is 1. The van der Waals surface area contributed by atoms with Crippen molar-refractivity contribution in [2.75, 3.05) is 25.5 Å². The maximum absolute atomic E-state index is 12.8. The summed E-state index contributed by atoms with van der Waals surface area (Å²) >= 11 is 1.74. The largest absolute Gasteiger partial charge is 0.496 e. The standard InChI is InChI=1S/C18H21N3O2S/c1-3-21-9-8-12-14(10-21)24-18-15(12)17(22)19-16(20-18)11-6-4-5-7-13(11)23-2/h4-7,16,20H,3,8-10H2,1-2H3,(H,19,22)/p+1/t16-/m0/s1. The van der Waals surface area contributed by atoms with E-state index in [-0.39, 0.29) is 12.1 Å². The molecule has 0 spiro atoms.